The maximum absolute atomic E-state index is 13.1. The van der Waals surface area contributed by atoms with E-state index in [2.05, 4.69) is 0 Å². The van der Waals surface area contributed by atoms with Crippen molar-refractivity contribution in [3.8, 4) is 5.75 Å². The van der Waals surface area contributed by atoms with E-state index >= 15 is 0 Å². The summed E-state index contributed by atoms with van der Waals surface area (Å²) in [4.78, 5) is 27.7. The lowest BCUT2D eigenvalue weighted by atomic mass is 9.95. The van der Waals surface area contributed by atoms with Gasteiger partial charge in [-0.1, -0.05) is 71.7 Å². The van der Waals surface area contributed by atoms with Crippen molar-refractivity contribution in [2.45, 2.75) is 12.6 Å². The van der Waals surface area contributed by atoms with E-state index in [0.717, 1.165) is 5.56 Å². The van der Waals surface area contributed by atoms with Crippen molar-refractivity contribution in [2.24, 2.45) is 0 Å². The topological polar surface area (TPSA) is 66.8 Å². The summed E-state index contributed by atoms with van der Waals surface area (Å²) in [5.41, 5.74) is 1.74. The number of Topliss-reactive ketones (excluding diaryl/α,β-unsaturated/α-hetero) is 1. The first-order valence-corrected chi connectivity index (χ1v) is 10.6. The van der Waals surface area contributed by atoms with Crippen LogP contribution >= 0.6 is 23.2 Å². The molecule has 0 saturated carbocycles. The standard InChI is InChI=1S/C25H19Cl2NO4/c1-32-20-10-6-5-9-17(20)14-28-22(15-7-3-2-4-8-15)21(24(30)25(28)31)23(29)16-11-12-18(26)19(27)13-16/h2-13,22,29H,14H2,1H3/b23-21-. The number of carbonyl (C=O) groups is 2. The van der Waals surface area contributed by atoms with Gasteiger partial charge in [0.2, 0.25) is 0 Å². The van der Waals surface area contributed by atoms with Gasteiger partial charge >= 0.3 is 0 Å². The van der Waals surface area contributed by atoms with Crippen LogP contribution in [0.2, 0.25) is 10.0 Å². The third-order valence-electron chi connectivity index (χ3n) is 5.38. The largest absolute Gasteiger partial charge is 0.507 e. The number of carbonyl (C=O) groups excluding carboxylic acids is 2. The lowest BCUT2D eigenvalue weighted by molar-refractivity contribution is -0.140. The minimum atomic E-state index is -0.782. The molecule has 1 saturated heterocycles. The first-order valence-electron chi connectivity index (χ1n) is 9.83. The van der Waals surface area contributed by atoms with Crippen molar-refractivity contribution in [3.05, 3.63) is 105 Å². The average Bonchev–Trinajstić information content (AvgIpc) is 3.06. The second-order valence-corrected chi connectivity index (χ2v) is 8.09. The lowest BCUT2D eigenvalue weighted by Gasteiger charge is -2.26. The molecule has 1 aliphatic heterocycles. The summed E-state index contributed by atoms with van der Waals surface area (Å²) in [5.74, 6) is -1.17. The maximum atomic E-state index is 13.1. The fourth-order valence-electron chi connectivity index (χ4n) is 3.84. The number of amides is 1. The molecule has 162 valence electrons. The van der Waals surface area contributed by atoms with Crippen LogP contribution in [0.5, 0.6) is 5.75 Å². The van der Waals surface area contributed by atoms with E-state index in [-0.39, 0.29) is 22.9 Å². The fraction of sp³-hybridized carbons (Fsp3) is 0.120. The smallest absolute Gasteiger partial charge is 0.295 e. The molecule has 1 atom stereocenters. The maximum Gasteiger partial charge on any atom is 0.295 e. The van der Waals surface area contributed by atoms with Crippen LogP contribution in [-0.2, 0) is 16.1 Å². The molecule has 1 heterocycles. The Morgan fingerprint density at radius 3 is 2.34 bits per heavy atom. The van der Waals surface area contributed by atoms with Crippen LogP contribution in [0.25, 0.3) is 5.76 Å². The zero-order chi connectivity index (χ0) is 22.8. The molecule has 0 spiro atoms. The molecule has 0 aromatic heterocycles. The molecule has 4 rings (SSSR count). The van der Waals surface area contributed by atoms with E-state index in [0.29, 0.717) is 21.9 Å². The zero-order valence-corrected chi connectivity index (χ0v) is 18.6. The van der Waals surface area contributed by atoms with Gasteiger partial charge in [-0.25, -0.2) is 0 Å². The Morgan fingerprint density at radius 1 is 0.969 bits per heavy atom. The van der Waals surface area contributed by atoms with Crippen LogP contribution in [0.4, 0.5) is 0 Å². The van der Waals surface area contributed by atoms with E-state index < -0.39 is 17.7 Å². The SMILES string of the molecule is COc1ccccc1CN1C(=O)C(=O)/C(=C(\O)c2ccc(Cl)c(Cl)c2)C1c1ccccc1. The third-order valence-corrected chi connectivity index (χ3v) is 6.12. The molecule has 1 aliphatic rings. The molecule has 1 unspecified atom stereocenters. The minimum Gasteiger partial charge on any atom is -0.507 e. The highest BCUT2D eigenvalue weighted by Crippen LogP contribution is 2.41. The Kier molecular flexibility index (Phi) is 6.21. The van der Waals surface area contributed by atoms with Gasteiger partial charge in [0.1, 0.15) is 11.5 Å². The lowest BCUT2D eigenvalue weighted by Crippen LogP contribution is -2.29. The van der Waals surface area contributed by atoms with Gasteiger partial charge in [0.15, 0.2) is 0 Å². The van der Waals surface area contributed by atoms with Crippen LogP contribution in [0.15, 0.2) is 78.4 Å². The summed E-state index contributed by atoms with van der Waals surface area (Å²) in [7, 11) is 1.55. The number of benzene rings is 3. The van der Waals surface area contributed by atoms with Crippen molar-refractivity contribution in [1.29, 1.82) is 0 Å². The van der Waals surface area contributed by atoms with Gasteiger partial charge in [-0.3, -0.25) is 9.59 Å². The van der Waals surface area contributed by atoms with Crippen molar-refractivity contribution >= 4 is 40.7 Å². The summed E-state index contributed by atoms with van der Waals surface area (Å²) in [6.45, 7) is 0.131. The molecule has 0 aliphatic carbocycles. The summed E-state index contributed by atoms with van der Waals surface area (Å²) < 4.78 is 5.42. The van der Waals surface area contributed by atoms with Crippen LogP contribution in [0.3, 0.4) is 0 Å². The Balaban J connectivity index is 1.87. The molecule has 0 bridgehead atoms. The summed E-state index contributed by atoms with van der Waals surface area (Å²) in [5, 5.41) is 11.6. The first-order chi connectivity index (χ1) is 15.4. The monoisotopic (exact) mass is 467 g/mol. The highest BCUT2D eigenvalue weighted by Gasteiger charge is 2.46. The molecular weight excluding hydrogens is 449 g/mol. The normalized spacial score (nSPS) is 17.6. The van der Waals surface area contributed by atoms with Crippen molar-refractivity contribution in [1.82, 2.24) is 4.90 Å². The quantitative estimate of drug-likeness (QED) is 0.300. The van der Waals surface area contributed by atoms with Crippen LogP contribution in [0.1, 0.15) is 22.7 Å². The highest BCUT2D eigenvalue weighted by atomic mass is 35.5. The zero-order valence-electron chi connectivity index (χ0n) is 17.1. The van der Waals surface area contributed by atoms with E-state index in [1.165, 1.54) is 17.0 Å². The van der Waals surface area contributed by atoms with Crippen LogP contribution in [0, 0.1) is 0 Å². The molecule has 1 fully saturated rings. The molecule has 3 aromatic carbocycles. The van der Waals surface area contributed by atoms with Crippen molar-refractivity contribution < 1.29 is 19.4 Å². The number of hydrogen-bond donors (Lipinski definition) is 1. The van der Waals surface area contributed by atoms with Gasteiger partial charge in [0, 0.05) is 11.1 Å². The number of ether oxygens (including phenoxy) is 1. The molecule has 7 heteroatoms. The first kappa shape index (κ1) is 21.9. The number of methoxy groups -OCH3 is 1. The number of para-hydroxylation sites is 1. The molecule has 1 amide bonds. The number of halogens is 2. The molecule has 0 radical (unpaired) electrons. The van der Waals surface area contributed by atoms with Gasteiger partial charge in [0.05, 0.1) is 35.3 Å². The third kappa shape index (κ3) is 3.97. The number of likely N-dealkylation sites (tertiary alicyclic amines) is 1. The van der Waals surface area contributed by atoms with Crippen LogP contribution < -0.4 is 4.74 Å². The predicted octanol–water partition coefficient (Wildman–Crippen LogP) is 5.62. The molecule has 5 nitrogen and oxygen atoms in total. The van der Waals surface area contributed by atoms with Gasteiger partial charge in [-0.15, -0.1) is 0 Å². The Hall–Kier alpha value is -3.28. The number of ketones is 1. The van der Waals surface area contributed by atoms with Crippen molar-refractivity contribution in [2.75, 3.05) is 7.11 Å². The second kappa shape index (κ2) is 9.07. The minimum absolute atomic E-state index is 0.00510. The van der Waals surface area contributed by atoms with E-state index in [4.69, 9.17) is 27.9 Å². The van der Waals surface area contributed by atoms with Gasteiger partial charge in [-0.2, -0.15) is 0 Å². The van der Waals surface area contributed by atoms with Crippen molar-refractivity contribution in [3.63, 3.8) is 0 Å². The number of aliphatic hydroxyl groups is 1. The number of nitrogens with zero attached hydrogens (tertiary/aromatic N) is 1. The Labute approximate surface area is 195 Å². The molecule has 1 N–H and O–H groups in total. The van der Waals surface area contributed by atoms with Gasteiger partial charge in [-0.05, 0) is 29.8 Å². The number of rotatable bonds is 5. The second-order valence-electron chi connectivity index (χ2n) is 7.28. The molecule has 3 aromatic rings. The Morgan fingerprint density at radius 2 is 1.66 bits per heavy atom. The summed E-state index contributed by atoms with van der Waals surface area (Å²) >= 11 is 12.1. The van der Waals surface area contributed by atoms with E-state index in [1.54, 1.807) is 19.2 Å². The molecule has 32 heavy (non-hydrogen) atoms. The van der Waals surface area contributed by atoms with E-state index in [9.17, 15) is 14.7 Å². The van der Waals surface area contributed by atoms with Crippen LogP contribution in [-0.4, -0.2) is 28.8 Å². The summed E-state index contributed by atoms with van der Waals surface area (Å²) in [6.07, 6.45) is 0. The fourth-order valence-corrected chi connectivity index (χ4v) is 4.14. The van der Waals surface area contributed by atoms with Gasteiger partial charge < -0.3 is 14.7 Å². The number of hydrogen-bond acceptors (Lipinski definition) is 4. The highest BCUT2D eigenvalue weighted by molar-refractivity contribution is 6.46. The molecular formula is C25H19Cl2NO4. The summed E-state index contributed by atoms with van der Waals surface area (Å²) in [6, 6.07) is 20.2. The van der Waals surface area contributed by atoms with E-state index in [1.807, 2.05) is 48.5 Å². The number of aliphatic hydroxyl groups excluding tert-OH is 1. The average molecular weight is 468 g/mol. The van der Waals surface area contributed by atoms with Gasteiger partial charge in [0.25, 0.3) is 11.7 Å². The predicted molar refractivity (Wildman–Crippen MR) is 124 cm³/mol. The Bertz CT molecular complexity index is 1220.